The Morgan fingerprint density at radius 1 is 0.815 bits per heavy atom. The van der Waals surface area contributed by atoms with Gasteiger partial charge in [0.25, 0.3) is 0 Å². The number of carboxylic acids is 1. The molecule has 0 bridgehead atoms. The minimum absolute atomic E-state index is 0.00813. The minimum atomic E-state index is -0.809. The van der Waals surface area contributed by atoms with Crippen LogP contribution >= 0.6 is 0 Å². The van der Waals surface area contributed by atoms with Crippen LogP contribution in [0.15, 0.2) is 0 Å². The molecule has 2 amide bonds. The third-order valence-corrected chi connectivity index (χ3v) is 7.09. The van der Waals surface area contributed by atoms with E-state index in [-0.39, 0.29) is 29.7 Å². The van der Waals surface area contributed by atoms with Gasteiger partial charge in [0.05, 0.1) is 11.5 Å². The molecule has 0 aromatic carbocycles. The Kier molecular flexibility index (Phi) is 6.43. The summed E-state index contributed by atoms with van der Waals surface area (Å²) in [6, 6.07) is 0.180. The van der Waals surface area contributed by atoms with Crippen LogP contribution in [0.4, 0.5) is 0 Å². The average Bonchev–Trinajstić information content (AvgIpc) is 3.17. The predicted octanol–water partition coefficient (Wildman–Crippen LogP) is 3.00. The third-order valence-electron chi connectivity index (χ3n) is 7.09. The molecule has 6 nitrogen and oxygen atoms in total. The van der Waals surface area contributed by atoms with Crippen LogP contribution in [0.3, 0.4) is 0 Å². The Labute approximate surface area is 161 Å². The summed E-state index contributed by atoms with van der Waals surface area (Å²) in [6.07, 6.45) is 10.7. The lowest BCUT2D eigenvalue weighted by Crippen LogP contribution is -2.57. The molecule has 2 unspecified atom stereocenters. The van der Waals surface area contributed by atoms with Gasteiger partial charge in [0, 0.05) is 17.9 Å². The van der Waals surface area contributed by atoms with E-state index in [1.54, 1.807) is 0 Å². The van der Waals surface area contributed by atoms with Crippen LogP contribution in [0.25, 0.3) is 0 Å². The monoisotopic (exact) mass is 378 g/mol. The van der Waals surface area contributed by atoms with Crippen molar-refractivity contribution in [3.63, 3.8) is 0 Å². The van der Waals surface area contributed by atoms with E-state index in [1.807, 2.05) is 6.92 Å². The highest BCUT2D eigenvalue weighted by Crippen LogP contribution is 2.35. The standard InChI is InChI=1S/C21H34N2O4/c1-21(13-5-4-8-17(21)20(26)27)23-19(25)15-9-11-16(12-10-15)22-18(24)14-6-2-3-7-14/h14-17H,2-13H2,1H3,(H,22,24)(H,23,25)(H,26,27). The molecule has 3 saturated carbocycles. The second-order valence-electron chi connectivity index (χ2n) is 9.08. The van der Waals surface area contributed by atoms with Crippen LogP contribution in [0.1, 0.15) is 84.0 Å². The molecule has 152 valence electrons. The Morgan fingerprint density at radius 3 is 2.04 bits per heavy atom. The number of nitrogens with one attached hydrogen (secondary N) is 2. The number of carbonyl (C=O) groups is 3. The van der Waals surface area contributed by atoms with E-state index in [9.17, 15) is 19.5 Å². The van der Waals surface area contributed by atoms with E-state index in [0.29, 0.717) is 6.42 Å². The molecule has 3 N–H and O–H groups in total. The first-order valence-electron chi connectivity index (χ1n) is 10.7. The van der Waals surface area contributed by atoms with Crippen molar-refractivity contribution in [3.05, 3.63) is 0 Å². The van der Waals surface area contributed by atoms with Gasteiger partial charge in [0.2, 0.25) is 11.8 Å². The van der Waals surface area contributed by atoms with Gasteiger partial charge in [-0.05, 0) is 58.3 Å². The Bertz CT molecular complexity index is 565. The first-order valence-corrected chi connectivity index (χ1v) is 10.7. The summed E-state index contributed by atoms with van der Waals surface area (Å²) in [5.74, 6) is -1.01. The molecule has 2 atom stereocenters. The third kappa shape index (κ3) is 4.82. The summed E-state index contributed by atoms with van der Waals surface area (Å²) in [6.45, 7) is 1.89. The highest BCUT2D eigenvalue weighted by Gasteiger charge is 2.43. The minimum Gasteiger partial charge on any atom is -0.481 e. The van der Waals surface area contributed by atoms with Crippen molar-refractivity contribution in [2.24, 2.45) is 17.8 Å². The van der Waals surface area contributed by atoms with Crippen LogP contribution in [0.5, 0.6) is 0 Å². The SMILES string of the molecule is CC1(NC(=O)C2CCC(NC(=O)C3CCCC3)CC2)CCCCC1C(=O)O. The lowest BCUT2D eigenvalue weighted by molar-refractivity contribution is -0.147. The van der Waals surface area contributed by atoms with Crippen LogP contribution in [0, 0.1) is 17.8 Å². The highest BCUT2D eigenvalue weighted by atomic mass is 16.4. The van der Waals surface area contributed by atoms with Crippen molar-refractivity contribution >= 4 is 17.8 Å². The Morgan fingerprint density at radius 2 is 1.41 bits per heavy atom. The van der Waals surface area contributed by atoms with Gasteiger partial charge >= 0.3 is 5.97 Å². The number of rotatable bonds is 5. The van der Waals surface area contributed by atoms with Crippen LogP contribution in [0.2, 0.25) is 0 Å². The topological polar surface area (TPSA) is 95.5 Å². The van der Waals surface area contributed by atoms with Gasteiger partial charge in [0.1, 0.15) is 0 Å². The van der Waals surface area contributed by atoms with Gasteiger partial charge in [-0.1, -0.05) is 25.7 Å². The molecule has 0 radical (unpaired) electrons. The van der Waals surface area contributed by atoms with E-state index in [4.69, 9.17) is 0 Å². The van der Waals surface area contributed by atoms with Crippen LogP contribution < -0.4 is 10.6 Å². The summed E-state index contributed by atoms with van der Waals surface area (Å²) in [4.78, 5) is 36.7. The normalized spacial score (nSPS) is 34.8. The Balaban J connectivity index is 1.48. The molecule has 3 fully saturated rings. The van der Waals surface area contributed by atoms with Crippen molar-refractivity contribution < 1.29 is 19.5 Å². The molecule has 3 aliphatic carbocycles. The number of carbonyl (C=O) groups excluding carboxylic acids is 2. The van der Waals surface area contributed by atoms with Crippen molar-refractivity contribution in [3.8, 4) is 0 Å². The summed E-state index contributed by atoms with van der Waals surface area (Å²) in [7, 11) is 0. The lowest BCUT2D eigenvalue weighted by atomic mass is 9.73. The number of hydrogen-bond acceptors (Lipinski definition) is 3. The maximum atomic E-state index is 12.8. The second-order valence-corrected chi connectivity index (χ2v) is 9.08. The zero-order valence-electron chi connectivity index (χ0n) is 16.5. The molecular formula is C21H34N2O4. The fourth-order valence-corrected chi connectivity index (χ4v) is 5.27. The van der Waals surface area contributed by atoms with Crippen LogP contribution in [-0.4, -0.2) is 34.5 Å². The molecule has 0 aromatic heterocycles. The summed E-state index contributed by atoms with van der Waals surface area (Å²) in [5, 5.41) is 15.8. The van der Waals surface area contributed by atoms with Gasteiger partial charge in [-0.15, -0.1) is 0 Å². The molecule has 3 aliphatic rings. The zero-order chi connectivity index (χ0) is 19.4. The number of amides is 2. The lowest BCUT2D eigenvalue weighted by Gasteiger charge is -2.41. The van der Waals surface area contributed by atoms with Crippen molar-refractivity contribution in [1.29, 1.82) is 0 Å². The van der Waals surface area contributed by atoms with Crippen molar-refractivity contribution in [2.45, 2.75) is 95.6 Å². The average molecular weight is 379 g/mol. The summed E-state index contributed by atoms with van der Waals surface area (Å²) in [5.41, 5.74) is -0.644. The fourth-order valence-electron chi connectivity index (χ4n) is 5.27. The largest absolute Gasteiger partial charge is 0.481 e. The fraction of sp³-hybridized carbons (Fsp3) is 0.857. The van der Waals surface area contributed by atoms with Gasteiger partial charge in [-0.25, -0.2) is 0 Å². The molecule has 6 heteroatoms. The van der Waals surface area contributed by atoms with Crippen molar-refractivity contribution in [2.75, 3.05) is 0 Å². The van der Waals surface area contributed by atoms with E-state index >= 15 is 0 Å². The number of aliphatic carboxylic acids is 1. The quantitative estimate of drug-likeness (QED) is 0.685. The molecule has 0 saturated heterocycles. The summed E-state index contributed by atoms with van der Waals surface area (Å²) < 4.78 is 0. The van der Waals surface area contributed by atoms with Crippen LogP contribution in [-0.2, 0) is 14.4 Å². The van der Waals surface area contributed by atoms with Gasteiger partial charge in [0.15, 0.2) is 0 Å². The van der Waals surface area contributed by atoms with Crippen molar-refractivity contribution in [1.82, 2.24) is 10.6 Å². The molecule has 27 heavy (non-hydrogen) atoms. The van der Waals surface area contributed by atoms with Gasteiger partial charge in [-0.3, -0.25) is 14.4 Å². The number of hydrogen-bond donors (Lipinski definition) is 3. The maximum Gasteiger partial charge on any atom is 0.308 e. The highest BCUT2D eigenvalue weighted by molar-refractivity contribution is 5.81. The number of carboxylic acid groups (broad SMARTS) is 1. The molecule has 0 heterocycles. The smallest absolute Gasteiger partial charge is 0.308 e. The van der Waals surface area contributed by atoms with E-state index in [0.717, 1.165) is 70.6 Å². The van der Waals surface area contributed by atoms with E-state index < -0.39 is 17.4 Å². The first-order chi connectivity index (χ1) is 12.9. The Hall–Kier alpha value is -1.59. The first kappa shape index (κ1) is 20.2. The van der Waals surface area contributed by atoms with Gasteiger partial charge < -0.3 is 15.7 Å². The molecule has 3 rings (SSSR count). The molecule has 0 aliphatic heterocycles. The predicted molar refractivity (Wildman–Crippen MR) is 102 cm³/mol. The molecule has 0 spiro atoms. The summed E-state index contributed by atoms with van der Waals surface area (Å²) >= 11 is 0. The molecule has 0 aromatic rings. The zero-order valence-corrected chi connectivity index (χ0v) is 16.5. The van der Waals surface area contributed by atoms with E-state index in [2.05, 4.69) is 10.6 Å². The molecular weight excluding hydrogens is 344 g/mol. The van der Waals surface area contributed by atoms with Gasteiger partial charge in [-0.2, -0.15) is 0 Å². The second kappa shape index (κ2) is 8.61. The maximum absolute atomic E-state index is 12.8. The van der Waals surface area contributed by atoms with E-state index in [1.165, 1.54) is 0 Å².